The van der Waals surface area contributed by atoms with E-state index in [0.717, 1.165) is 18.5 Å². The third-order valence-corrected chi connectivity index (χ3v) is 5.24. The van der Waals surface area contributed by atoms with Crippen molar-refractivity contribution in [2.75, 3.05) is 13.1 Å². The maximum atomic E-state index is 12.5. The van der Waals surface area contributed by atoms with Crippen molar-refractivity contribution in [3.8, 4) is 22.7 Å². The summed E-state index contributed by atoms with van der Waals surface area (Å²) in [7, 11) is 0. The first-order valence-corrected chi connectivity index (χ1v) is 9.96. The fourth-order valence-electron chi connectivity index (χ4n) is 3.80. The molecule has 1 atom stereocenters. The summed E-state index contributed by atoms with van der Waals surface area (Å²) in [6.07, 6.45) is -0.110. The topological polar surface area (TPSA) is 93.4 Å². The van der Waals surface area contributed by atoms with Crippen LogP contribution in [0.1, 0.15) is 18.5 Å². The Morgan fingerprint density at radius 1 is 1.16 bits per heavy atom. The van der Waals surface area contributed by atoms with Crippen LogP contribution in [0.5, 0.6) is 5.75 Å². The standard InChI is InChI=1S/C21H20F3N5O3/c22-21(23,24)32-17-5-3-16(4-6-17)29-19(14-7-9-25-10-8-14)18(26-27-29)13-28-11-1-2-15(12-28)20(30)31/h3-10,15H,1-2,11-13H2,(H,30,31). The molecule has 4 rings (SSSR count). The maximum Gasteiger partial charge on any atom is 0.573 e. The molecule has 0 radical (unpaired) electrons. The van der Waals surface area contributed by atoms with Crippen LogP contribution in [0.2, 0.25) is 0 Å². The monoisotopic (exact) mass is 447 g/mol. The Morgan fingerprint density at radius 3 is 2.53 bits per heavy atom. The van der Waals surface area contributed by atoms with E-state index in [-0.39, 0.29) is 5.75 Å². The van der Waals surface area contributed by atoms with Crippen LogP contribution < -0.4 is 4.74 Å². The minimum absolute atomic E-state index is 0.333. The van der Waals surface area contributed by atoms with Gasteiger partial charge < -0.3 is 9.84 Å². The molecule has 1 N–H and O–H groups in total. The molecule has 1 fully saturated rings. The number of benzene rings is 1. The van der Waals surface area contributed by atoms with Gasteiger partial charge in [-0.2, -0.15) is 0 Å². The quantitative estimate of drug-likeness (QED) is 0.618. The number of hydrogen-bond acceptors (Lipinski definition) is 6. The molecular formula is C21H20F3N5O3. The zero-order chi connectivity index (χ0) is 22.7. The van der Waals surface area contributed by atoms with Gasteiger partial charge in [-0.25, -0.2) is 4.68 Å². The van der Waals surface area contributed by atoms with E-state index >= 15 is 0 Å². The largest absolute Gasteiger partial charge is 0.573 e. The van der Waals surface area contributed by atoms with E-state index in [1.165, 1.54) is 24.3 Å². The number of alkyl halides is 3. The van der Waals surface area contributed by atoms with Gasteiger partial charge in [0, 0.05) is 31.0 Å². The lowest BCUT2D eigenvalue weighted by Gasteiger charge is -2.30. The lowest BCUT2D eigenvalue weighted by atomic mass is 9.98. The molecule has 0 spiro atoms. The fraction of sp³-hybridized carbons (Fsp3) is 0.333. The molecule has 0 amide bonds. The molecule has 0 bridgehead atoms. The molecule has 0 aliphatic carbocycles. The third-order valence-electron chi connectivity index (χ3n) is 5.24. The predicted octanol–water partition coefficient (Wildman–Crippen LogP) is 3.52. The van der Waals surface area contributed by atoms with Crippen LogP contribution >= 0.6 is 0 Å². The number of hydrogen-bond donors (Lipinski definition) is 1. The molecule has 168 valence electrons. The van der Waals surface area contributed by atoms with Crippen LogP contribution in [0.4, 0.5) is 13.2 Å². The summed E-state index contributed by atoms with van der Waals surface area (Å²) in [6.45, 7) is 1.56. The van der Waals surface area contributed by atoms with E-state index in [1.54, 1.807) is 29.2 Å². The van der Waals surface area contributed by atoms with Gasteiger partial charge in [0.05, 0.1) is 17.3 Å². The number of aromatic nitrogens is 4. The number of piperidine rings is 1. The first-order chi connectivity index (χ1) is 15.3. The molecule has 11 heteroatoms. The average Bonchev–Trinajstić information content (AvgIpc) is 3.17. The van der Waals surface area contributed by atoms with E-state index in [9.17, 15) is 23.1 Å². The van der Waals surface area contributed by atoms with Gasteiger partial charge in [-0.05, 0) is 55.8 Å². The molecule has 3 aromatic rings. The highest BCUT2D eigenvalue weighted by Gasteiger charge is 2.31. The summed E-state index contributed by atoms with van der Waals surface area (Å²) in [5, 5.41) is 17.9. The lowest BCUT2D eigenvalue weighted by molar-refractivity contribution is -0.274. The number of carboxylic acid groups (broad SMARTS) is 1. The summed E-state index contributed by atoms with van der Waals surface area (Å²) in [5.74, 6) is -1.57. The zero-order valence-corrected chi connectivity index (χ0v) is 16.9. The Labute approximate surface area is 181 Å². The summed E-state index contributed by atoms with van der Waals surface area (Å²) in [5.41, 5.74) is 2.58. The van der Waals surface area contributed by atoms with Crippen molar-refractivity contribution >= 4 is 5.97 Å². The Hall–Kier alpha value is -3.47. The van der Waals surface area contributed by atoms with Crippen LogP contribution in [0.25, 0.3) is 16.9 Å². The summed E-state index contributed by atoms with van der Waals surface area (Å²) in [6, 6.07) is 8.93. The number of pyridine rings is 1. The Morgan fingerprint density at radius 2 is 1.88 bits per heavy atom. The van der Waals surface area contributed by atoms with Gasteiger partial charge in [0.2, 0.25) is 0 Å². The number of halogens is 3. The van der Waals surface area contributed by atoms with E-state index in [2.05, 4.69) is 20.0 Å². The van der Waals surface area contributed by atoms with Crippen molar-refractivity contribution in [2.24, 2.45) is 5.92 Å². The van der Waals surface area contributed by atoms with E-state index in [0.29, 0.717) is 36.6 Å². The van der Waals surface area contributed by atoms with Gasteiger partial charge in [-0.1, -0.05) is 5.21 Å². The second-order valence-electron chi connectivity index (χ2n) is 7.49. The molecule has 1 aliphatic rings. The molecule has 1 aromatic carbocycles. The zero-order valence-electron chi connectivity index (χ0n) is 16.9. The molecule has 0 saturated carbocycles. The molecular weight excluding hydrogens is 427 g/mol. The smallest absolute Gasteiger partial charge is 0.481 e. The SMILES string of the molecule is O=C(O)C1CCCN(Cc2nnn(-c3ccc(OC(F)(F)F)cc3)c2-c2ccncc2)C1. The van der Waals surface area contributed by atoms with Crippen molar-refractivity contribution < 1.29 is 27.8 Å². The average molecular weight is 447 g/mol. The number of carbonyl (C=O) groups is 1. The van der Waals surface area contributed by atoms with Crippen LogP contribution in [0.15, 0.2) is 48.8 Å². The highest BCUT2D eigenvalue weighted by atomic mass is 19.4. The van der Waals surface area contributed by atoms with Crippen molar-refractivity contribution in [3.05, 3.63) is 54.5 Å². The van der Waals surface area contributed by atoms with Gasteiger partial charge in [-0.3, -0.25) is 14.7 Å². The number of nitrogens with zero attached hydrogens (tertiary/aromatic N) is 5. The number of ether oxygens (including phenoxy) is 1. The first-order valence-electron chi connectivity index (χ1n) is 9.96. The first kappa shape index (κ1) is 21.8. The lowest BCUT2D eigenvalue weighted by Crippen LogP contribution is -2.38. The molecule has 3 heterocycles. The molecule has 1 saturated heterocycles. The summed E-state index contributed by atoms with van der Waals surface area (Å²) >= 11 is 0. The van der Waals surface area contributed by atoms with E-state index in [4.69, 9.17) is 0 Å². The molecule has 1 unspecified atom stereocenters. The van der Waals surface area contributed by atoms with Gasteiger partial charge in [0.1, 0.15) is 11.4 Å². The number of rotatable bonds is 6. The maximum absolute atomic E-state index is 12.5. The highest BCUT2D eigenvalue weighted by molar-refractivity contribution is 5.70. The minimum atomic E-state index is -4.77. The van der Waals surface area contributed by atoms with Crippen LogP contribution in [-0.4, -0.2) is 55.4 Å². The van der Waals surface area contributed by atoms with Crippen molar-refractivity contribution in [1.82, 2.24) is 24.9 Å². The number of carboxylic acids is 1. The number of likely N-dealkylation sites (tertiary alicyclic amines) is 1. The Kier molecular flexibility index (Phi) is 6.08. The molecule has 32 heavy (non-hydrogen) atoms. The van der Waals surface area contributed by atoms with Crippen LogP contribution in [-0.2, 0) is 11.3 Å². The molecule has 2 aromatic heterocycles. The highest BCUT2D eigenvalue weighted by Crippen LogP contribution is 2.29. The summed E-state index contributed by atoms with van der Waals surface area (Å²) < 4.78 is 42.8. The minimum Gasteiger partial charge on any atom is -0.481 e. The Bertz CT molecular complexity index is 1070. The van der Waals surface area contributed by atoms with E-state index in [1.807, 2.05) is 4.90 Å². The fourth-order valence-corrected chi connectivity index (χ4v) is 3.80. The van der Waals surface area contributed by atoms with Gasteiger partial charge in [-0.15, -0.1) is 18.3 Å². The normalized spacial score (nSPS) is 17.3. The molecule has 8 nitrogen and oxygen atoms in total. The summed E-state index contributed by atoms with van der Waals surface area (Å²) in [4.78, 5) is 17.5. The van der Waals surface area contributed by atoms with Crippen LogP contribution in [0, 0.1) is 5.92 Å². The van der Waals surface area contributed by atoms with Crippen LogP contribution in [0.3, 0.4) is 0 Å². The third kappa shape index (κ3) is 5.05. The van der Waals surface area contributed by atoms with Crippen molar-refractivity contribution in [1.29, 1.82) is 0 Å². The van der Waals surface area contributed by atoms with Crippen molar-refractivity contribution in [2.45, 2.75) is 25.7 Å². The van der Waals surface area contributed by atoms with Crippen molar-refractivity contribution in [3.63, 3.8) is 0 Å². The molecule has 1 aliphatic heterocycles. The number of aliphatic carboxylic acids is 1. The second kappa shape index (κ2) is 8.95. The second-order valence-corrected chi connectivity index (χ2v) is 7.49. The van der Waals surface area contributed by atoms with E-state index < -0.39 is 18.2 Å². The Balaban J connectivity index is 1.65. The van der Waals surface area contributed by atoms with Gasteiger partial charge >= 0.3 is 12.3 Å². The predicted molar refractivity (Wildman–Crippen MR) is 107 cm³/mol. The van der Waals surface area contributed by atoms with Gasteiger partial charge in [0.25, 0.3) is 0 Å². The van der Waals surface area contributed by atoms with Gasteiger partial charge in [0.15, 0.2) is 0 Å².